The molecular formula is C9H8N2O2S. The minimum atomic E-state index is -0.377. The maximum atomic E-state index is 11.4. The van der Waals surface area contributed by atoms with Crippen LogP contribution < -0.4 is 5.32 Å². The Morgan fingerprint density at radius 1 is 1.50 bits per heavy atom. The molecule has 1 fully saturated rings. The molecule has 1 aromatic heterocycles. The Morgan fingerprint density at radius 3 is 2.79 bits per heavy atom. The zero-order valence-corrected chi connectivity index (χ0v) is 8.30. The van der Waals surface area contributed by atoms with Crippen molar-refractivity contribution in [1.29, 1.82) is 0 Å². The standard InChI is InChI=1S/C9H8N2O2S/c1-11-8(12)7(10-9(11)13)5-6-3-2-4-14-6/h2-5H,1H3,(H,10,13)/b7-5+. The summed E-state index contributed by atoms with van der Waals surface area (Å²) < 4.78 is 0. The Balaban J connectivity index is 2.29. The summed E-state index contributed by atoms with van der Waals surface area (Å²) in [5.41, 5.74) is 0.333. The summed E-state index contributed by atoms with van der Waals surface area (Å²) in [6.07, 6.45) is 1.67. The van der Waals surface area contributed by atoms with Crippen molar-refractivity contribution in [2.45, 2.75) is 0 Å². The third-order valence-corrected chi connectivity index (χ3v) is 2.73. The topological polar surface area (TPSA) is 49.4 Å². The second kappa shape index (κ2) is 3.26. The fourth-order valence-electron chi connectivity index (χ4n) is 1.14. The highest BCUT2D eigenvalue weighted by molar-refractivity contribution is 7.10. The number of carbonyl (C=O) groups excluding carboxylic acids is 2. The lowest BCUT2D eigenvalue weighted by molar-refractivity contribution is -0.121. The van der Waals surface area contributed by atoms with Crippen LogP contribution >= 0.6 is 11.3 Å². The predicted molar refractivity (Wildman–Crippen MR) is 53.6 cm³/mol. The molecular weight excluding hydrogens is 200 g/mol. The zero-order chi connectivity index (χ0) is 10.1. The molecule has 0 atom stereocenters. The van der Waals surface area contributed by atoms with E-state index in [-0.39, 0.29) is 11.9 Å². The smallest absolute Gasteiger partial charge is 0.303 e. The number of rotatable bonds is 1. The molecule has 72 valence electrons. The van der Waals surface area contributed by atoms with E-state index in [0.717, 1.165) is 9.78 Å². The van der Waals surface area contributed by atoms with Crippen molar-refractivity contribution in [3.05, 3.63) is 28.1 Å². The SMILES string of the molecule is CN1C(=O)N/C(=C/c2cccs2)C1=O. The van der Waals surface area contributed by atoms with Crippen LogP contribution in [-0.4, -0.2) is 23.9 Å². The molecule has 1 aliphatic rings. The van der Waals surface area contributed by atoms with Gasteiger partial charge in [0.2, 0.25) is 0 Å². The van der Waals surface area contributed by atoms with Crippen LogP contribution in [0.4, 0.5) is 4.79 Å². The summed E-state index contributed by atoms with van der Waals surface area (Å²) in [5, 5.41) is 4.41. The minimum Gasteiger partial charge on any atom is -0.303 e. The Labute approximate surface area is 84.8 Å². The van der Waals surface area contributed by atoms with Gasteiger partial charge >= 0.3 is 6.03 Å². The van der Waals surface area contributed by atoms with Gasteiger partial charge in [-0.3, -0.25) is 9.69 Å². The molecule has 1 aromatic rings. The highest BCUT2D eigenvalue weighted by Crippen LogP contribution is 2.15. The van der Waals surface area contributed by atoms with Gasteiger partial charge in [-0.2, -0.15) is 0 Å². The number of hydrogen-bond acceptors (Lipinski definition) is 3. The van der Waals surface area contributed by atoms with Gasteiger partial charge in [-0.25, -0.2) is 4.79 Å². The Bertz CT molecular complexity index is 408. The highest BCUT2D eigenvalue weighted by Gasteiger charge is 2.29. The van der Waals surface area contributed by atoms with Gasteiger partial charge in [0, 0.05) is 11.9 Å². The molecule has 1 N–H and O–H groups in total. The second-order valence-corrected chi connectivity index (χ2v) is 3.85. The van der Waals surface area contributed by atoms with E-state index in [4.69, 9.17) is 0 Å². The summed E-state index contributed by atoms with van der Waals surface area (Å²) in [4.78, 5) is 24.5. The first kappa shape index (κ1) is 8.96. The van der Waals surface area contributed by atoms with Crippen molar-refractivity contribution < 1.29 is 9.59 Å². The van der Waals surface area contributed by atoms with Gasteiger partial charge in [0.25, 0.3) is 5.91 Å². The Kier molecular flexibility index (Phi) is 2.09. The molecule has 0 radical (unpaired) electrons. The number of nitrogens with one attached hydrogen (secondary N) is 1. The van der Waals surface area contributed by atoms with Crippen LogP contribution in [0.5, 0.6) is 0 Å². The lowest BCUT2D eigenvalue weighted by Gasteiger charge is -1.99. The largest absolute Gasteiger partial charge is 0.328 e. The van der Waals surface area contributed by atoms with Crippen molar-refractivity contribution in [3.63, 3.8) is 0 Å². The predicted octanol–water partition coefficient (Wildman–Crippen LogP) is 1.27. The maximum Gasteiger partial charge on any atom is 0.328 e. The van der Waals surface area contributed by atoms with Crippen LogP contribution in [0.15, 0.2) is 23.2 Å². The number of amides is 3. The van der Waals surface area contributed by atoms with Gasteiger partial charge in [-0.05, 0) is 17.5 Å². The van der Waals surface area contributed by atoms with E-state index in [9.17, 15) is 9.59 Å². The fraction of sp³-hybridized carbons (Fsp3) is 0.111. The van der Waals surface area contributed by atoms with Gasteiger partial charge in [0.1, 0.15) is 5.70 Å². The van der Waals surface area contributed by atoms with E-state index in [1.807, 2.05) is 17.5 Å². The van der Waals surface area contributed by atoms with Gasteiger partial charge in [-0.15, -0.1) is 11.3 Å². The lowest BCUT2D eigenvalue weighted by Crippen LogP contribution is -2.25. The van der Waals surface area contributed by atoms with Crippen molar-refractivity contribution in [1.82, 2.24) is 10.2 Å². The average Bonchev–Trinajstić information content (AvgIpc) is 2.73. The van der Waals surface area contributed by atoms with Crippen LogP contribution in [-0.2, 0) is 4.79 Å². The third kappa shape index (κ3) is 1.42. The molecule has 4 nitrogen and oxygen atoms in total. The quantitative estimate of drug-likeness (QED) is 0.558. The Hall–Kier alpha value is -1.62. The van der Waals surface area contributed by atoms with Crippen LogP contribution in [0.25, 0.3) is 6.08 Å². The monoisotopic (exact) mass is 208 g/mol. The highest BCUT2D eigenvalue weighted by atomic mass is 32.1. The summed E-state index contributed by atoms with van der Waals surface area (Å²) in [5.74, 6) is -0.289. The normalized spacial score (nSPS) is 19.2. The van der Waals surface area contributed by atoms with Gasteiger partial charge in [0.15, 0.2) is 0 Å². The maximum absolute atomic E-state index is 11.4. The summed E-state index contributed by atoms with van der Waals surface area (Å²) in [6, 6.07) is 3.40. The number of thiophene rings is 1. The van der Waals surface area contributed by atoms with E-state index < -0.39 is 0 Å². The number of imide groups is 1. The van der Waals surface area contributed by atoms with Crippen LogP contribution in [0.1, 0.15) is 4.88 Å². The van der Waals surface area contributed by atoms with Gasteiger partial charge in [0.05, 0.1) is 0 Å². The molecule has 5 heteroatoms. The summed E-state index contributed by atoms with van der Waals surface area (Å²) in [6.45, 7) is 0. The molecule has 1 aliphatic heterocycles. The van der Waals surface area contributed by atoms with E-state index in [0.29, 0.717) is 5.70 Å². The first-order chi connectivity index (χ1) is 6.68. The zero-order valence-electron chi connectivity index (χ0n) is 7.48. The van der Waals surface area contributed by atoms with E-state index in [1.54, 1.807) is 6.08 Å². The molecule has 2 rings (SSSR count). The molecule has 14 heavy (non-hydrogen) atoms. The van der Waals surface area contributed by atoms with E-state index in [1.165, 1.54) is 18.4 Å². The molecule has 2 heterocycles. The molecule has 0 unspecified atom stereocenters. The lowest BCUT2D eigenvalue weighted by atomic mass is 10.3. The number of hydrogen-bond donors (Lipinski definition) is 1. The van der Waals surface area contributed by atoms with Crippen molar-refractivity contribution >= 4 is 29.4 Å². The van der Waals surface area contributed by atoms with Crippen LogP contribution in [0.3, 0.4) is 0 Å². The molecule has 1 saturated heterocycles. The average molecular weight is 208 g/mol. The minimum absolute atomic E-state index is 0.289. The number of likely N-dealkylation sites (N-methyl/N-ethyl adjacent to an activating group) is 1. The van der Waals surface area contributed by atoms with Crippen LogP contribution in [0.2, 0.25) is 0 Å². The molecule has 0 spiro atoms. The molecule has 0 aliphatic carbocycles. The van der Waals surface area contributed by atoms with Crippen molar-refractivity contribution in [2.24, 2.45) is 0 Å². The van der Waals surface area contributed by atoms with Gasteiger partial charge in [-0.1, -0.05) is 6.07 Å². The molecule has 3 amide bonds. The summed E-state index contributed by atoms with van der Waals surface area (Å²) in [7, 11) is 1.45. The number of nitrogens with zero attached hydrogens (tertiary/aromatic N) is 1. The van der Waals surface area contributed by atoms with Crippen molar-refractivity contribution in [2.75, 3.05) is 7.05 Å². The fourth-order valence-corrected chi connectivity index (χ4v) is 1.80. The van der Waals surface area contributed by atoms with E-state index >= 15 is 0 Å². The molecule has 0 aromatic carbocycles. The number of carbonyl (C=O) groups is 2. The second-order valence-electron chi connectivity index (χ2n) is 2.87. The van der Waals surface area contributed by atoms with Crippen molar-refractivity contribution in [3.8, 4) is 0 Å². The molecule has 0 saturated carbocycles. The first-order valence-corrected chi connectivity index (χ1v) is 4.90. The molecule has 0 bridgehead atoms. The third-order valence-electron chi connectivity index (χ3n) is 1.91. The summed E-state index contributed by atoms with van der Waals surface area (Å²) >= 11 is 1.52. The van der Waals surface area contributed by atoms with Gasteiger partial charge < -0.3 is 5.32 Å². The number of urea groups is 1. The first-order valence-electron chi connectivity index (χ1n) is 4.03. The van der Waals surface area contributed by atoms with Crippen LogP contribution in [0, 0.1) is 0 Å². The Morgan fingerprint density at radius 2 is 2.29 bits per heavy atom. The van der Waals surface area contributed by atoms with E-state index in [2.05, 4.69) is 5.32 Å².